The molecule has 0 radical (unpaired) electrons. The van der Waals surface area contributed by atoms with E-state index in [0.29, 0.717) is 6.54 Å². The second-order valence-corrected chi connectivity index (χ2v) is 6.81. The molecule has 2 amide bonds. The van der Waals surface area contributed by atoms with Gasteiger partial charge in [0.2, 0.25) is 5.91 Å². The molecule has 0 unspecified atom stereocenters. The SMILES string of the molecule is CC.CCC.COC(=O)CN(CC(C)C)C(=O)CNC(=O)OC(C)(C)C. The van der Waals surface area contributed by atoms with Crippen molar-refractivity contribution in [2.24, 2.45) is 5.92 Å². The molecule has 0 aromatic rings. The van der Waals surface area contributed by atoms with Crippen LogP contribution in [0.25, 0.3) is 0 Å². The second-order valence-electron chi connectivity index (χ2n) is 6.81. The van der Waals surface area contributed by atoms with Crippen LogP contribution < -0.4 is 5.32 Å². The van der Waals surface area contributed by atoms with Gasteiger partial charge in [-0.3, -0.25) is 9.59 Å². The molecule has 0 aromatic carbocycles. The van der Waals surface area contributed by atoms with Crippen molar-refractivity contribution < 1.29 is 23.9 Å². The molecule has 0 rings (SSSR count). The van der Waals surface area contributed by atoms with E-state index in [1.165, 1.54) is 18.4 Å². The van der Waals surface area contributed by atoms with Crippen LogP contribution in [-0.2, 0) is 19.1 Å². The van der Waals surface area contributed by atoms with Gasteiger partial charge in [0, 0.05) is 6.54 Å². The normalized spacial score (nSPS) is 9.81. The van der Waals surface area contributed by atoms with E-state index in [9.17, 15) is 14.4 Å². The van der Waals surface area contributed by atoms with Gasteiger partial charge >= 0.3 is 12.1 Å². The van der Waals surface area contributed by atoms with Gasteiger partial charge in [-0.1, -0.05) is 48.0 Å². The summed E-state index contributed by atoms with van der Waals surface area (Å²) in [6.07, 6.45) is 0.582. The molecule has 156 valence electrons. The van der Waals surface area contributed by atoms with Gasteiger partial charge in [0.05, 0.1) is 7.11 Å². The second kappa shape index (κ2) is 16.7. The minimum Gasteiger partial charge on any atom is -0.468 e. The Bertz CT molecular complexity index is 390. The Morgan fingerprint density at radius 2 is 1.54 bits per heavy atom. The predicted octanol–water partition coefficient (Wildman–Crippen LogP) is 3.61. The van der Waals surface area contributed by atoms with E-state index < -0.39 is 17.7 Å². The molecule has 0 spiro atoms. The number of rotatable bonds is 6. The summed E-state index contributed by atoms with van der Waals surface area (Å²) in [5, 5.41) is 2.38. The first-order chi connectivity index (χ1) is 12.0. The Hall–Kier alpha value is -1.79. The number of ether oxygens (including phenoxy) is 2. The lowest BCUT2D eigenvalue weighted by Gasteiger charge is -2.24. The smallest absolute Gasteiger partial charge is 0.408 e. The van der Waals surface area contributed by atoms with Gasteiger partial charge in [-0.15, -0.1) is 0 Å². The highest BCUT2D eigenvalue weighted by atomic mass is 16.6. The topological polar surface area (TPSA) is 84.9 Å². The fourth-order valence-corrected chi connectivity index (χ4v) is 1.49. The lowest BCUT2D eigenvalue weighted by atomic mass is 10.2. The van der Waals surface area contributed by atoms with Gasteiger partial charge in [0.1, 0.15) is 18.7 Å². The number of hydrogen-bond acceptors (Lipinski definition) is 5. The number of nitrogens with one attached hydrogen (secondary N) is 1. The van der Waals surface area contributed by atoms with E-state index in [-0.39, 0.29) is 24.9 Å². The minimum atomic E-state index is -0.668. The Kier molecular flexibility index (Phi) is 18.6. The largest absolute Gasteiger partial charge is 0.468 e. The number of esters is 1. The summed E-state index contributed by atoms with van der Waals surface area (Å²) in [5.74, 6) is -0.665. The number of nitrogens with zero attached hydrogens (tertiary/aromatic N) is 1. The zero-order valence-electron chi connectivity index (χ0n) is 18.4. The van der Waals surface area contributed by atoms with Gasteiger partial charge < -0.3 is 19.7 Å². The molecule has 1 N–H and O–H groups in total. The molecule has 0 bridgehead atoms. The van der Waals surface area contributed by atoms with E-state index >= 15 is 0 Å². The third-order valence-corrected chi connectivity index (χ3v) is 2.27. The first kappa shape index (κ1) is 29.0. The number of amides is 2. The summed E-state index contributed by atoms with van der Waals surface area (Å²) >= 11 is 0. The Morgan fingerprint density at radius 3 is 1.88 bits per heavy atom. The Morgan fingerprint density at radius 1 is 1.08 bits per heavy atom. The predicted molar refractivity (Wildman–Crippen MR) is 105 cm³/mol. The molecule has 0 saturated heterocycles. The maximum Gasteiger partial charge on any atom is 0.408 e. The van der Waals surface area contributed by atoms with Crippen LogP contribution in [0.15, 0.2) is 0 Å². The number of hydrogen-bond donors (Lipinski definition) is 1. The number of methoxy groups -OCH3 is 1. The van der Waals surface area contributed by atoms with E-state index in [1.807, 2.05) is 27.7 Å². The van der Waals surface area contributed by atoms with Crippen LogP contribution in [0.3, 0.4) is 0 Å². The average molecular weight is 377 g/mol. The highest BCUT2D eigenvalue weighted by Crippen LogP contribution is 2.06. The molecule has 0 atom stereocenters. The van der Waals surface area contributed by atoms with E-state index in [2.05, 4.69) is 23.9 Å². The standard InChI is InChI=1S/C14H26N2O5.C3H8.C2H6/c1-10(2)8-16(9-12(18)20-6)11(17)7-15-13(19)21-14(3,4)5;1-3-2;1-2/h10H,7-9H2,1-6H3,(H,15,19);3H2,1-2H3;1-2H3. The molecule has 0 aliphatic carbocycles. The highest BCUT2D eigenvalue weighted by molar-refractivity contribution is 5.85. The van der Waals surface area contributed by atoms with Crippen LogP contribution in [0.1, 0.15) is 68.7 Å². The van der Waals surface area contributed by atoms with Crippen molar-refractivity contribution in [1.82, 2.24) is 10.2 Å². The van der Waals surface area contributed by atoms with Crippen LogP contribution >= 0.6 is 0 Å². The van der Waals surface area contributed by atoms with Gasteiger partial charge in [-0.2, -0.15) is 0 Å². The highest BCUT2D eigenvalue weighted by Gasteiger charge is 2.21. The van der Waals surface area contributed by atoms with E-state index in [1.54, 1.807) is 20.8 Å². The summed E-state index contributed by atoms with van der Waals surface area (Å²) in [5.41, 5.74) is -0.628. The van der Waals surface area contributed by atoms with Gasteiger partial charge in [-0.25, -0.2) is 4.79 Å². The maximum atomic E-state index is 12.0. The van der Waals surface area contributed by atoms with Crippen LogP contribution in [0.5, 0.6) is 0 Å². The van der Waals surface area contributed by atoms with Crippen LogP contribution in [0.2, 0.25) is 0 Å². The summed E-state index contributed by atoms with van der Waals surface area (Å²) < 4.78 is 9.60. The first-order valence-corrected chi connectivity index (χ1v) is 9.28. The van der Waals surface area contributed by atoms with Gasteiger partial charge in [-0.05, 0) is 26.7 Å². The lowest BCUT2D eigenvalue weighted by Crippen LogP contribution is -2.45. The number of carbonyl (C=O) groups is 3. The molecule has 0 aromatic heterocycles. The van der Waals surface area contributed by atoms with Crippen molar-refractivity contribution in [2.45, 2.75) is 74.3 Å². The summed E-state index contributed by atoms with van der Waals surface area (Å²) in [7, 11) is 1.26. The molecule has 0 saturated carbocycles. The van der Waals surface area contributed by atoms with Crippen molar-refractivity contribution >= 4 is 18.0 Å². The third kappa shape index (κ3) is 20.3. The molecule has 0 aliphatic heterocycles. The number of alkyl carbamates (subject to hydrolysis) is 1. The summed E-state index contributed by atoms with van der Waals surface area (Å²) in [6, 6.07) is 0. The van der Waals surface area contributed by atoms with Crippen LogP contribution in [-0.4, -0.2) is 55.2 Å². The molecular formula is C19H40N2O5. The fraction of sp³-hybridized carbons (Fsp3) is 0.842. The molecular weight excluding hydrogens is 336 g/mol. The van der Waals surface area contributed by atoms with Gasteiger partial charge in [0.15, 0.2) is 0 Å². The quantitative estimate of drug-likeness (QED) is 0.716. The average Bonchev–Trinajstić information content (AvgIpc) is 2.52. The molecule has 7 nitrogen and oxygen atoms in total. The van der Waals surface area contributed by atoms with Crippen molar-refractivity contribution in [3.63, 3.8) is 0 Å². The Balaban J connectivity index is -0.000000950. The van der Waals surface area contributed by atoms with Crippen molar-refractivity contribution in [2.75, 3.05) is 26.7 Å². The Labute approximate surface area is 159 Å². The zero-order valence-corrected chi connectivity index (χ0v) is 18.4. The molecule has 0 fully saturated rings. The third-order valence-electron chi connectivity index (χ3n) is 2.27. The zero-order chi connectivity index (χ0) is 21.3. The summed E-state index contributed by atoms with van der Waals surface area (Å²) in [4.78, 5) is 36.2. The van der Waals surface area contributed by atoms with Crippen molar-refractivity contribution in [1.29, 1.82) is 0 Å². The van der Waals surface area contributed by atoms with E-state index in [4.69, 9.17) is 4.74 Å². The summed E-state index contributed by atoms with van der Waals surface area (Å²) in [6.45, 7) is 17.4. The van der Waals surface area contributed by atoms with Crippen LogP contribution in [0.4, 0.5) is 4.79 Å². The molecule has 0 aliphatic rings. The van der Waals surface area contributed by atoms with Gasteiger partial charge in [0.25, 0.3) is 0 Å². The molecule has 26 heavy (non-hydrogen) atoms. The maximum absolute atomic E-state index is 12.0. The van der Waals surface area contributed by atoms with Crippen molar-refractivity contribution in [3.8, 4) is 0 Å². The monoisotopic (exact) mass is 376 g/mol. The minimum absolute atomic E-state index is 0.135. The first-order valence-electron chi connectivity index (χ1n) is 9.28. The molecule has 7 heteroatoms. The lowest BCUT2D eigenvalue weighted by molar-refractivity contribution is -0.147. The van der Waals surface area contributed by atoms with Crippen LogP contribution in [0, 0.1) is 5.92 Å². The van der Waals surface area contributed by atoms with Crippen molar-refractivity contribution in [3.05, 3.63) is 0 Å². The molecule has 0 heterocycles. The fourth-order valence-electron chi connectivity index (χ4n) is 1.49. The van der Waals surface area contributed by atoms with E-state index in [0.717, 1.165) is 0 Å². The number of carbonyl (C=O) groups excluding carboxylic acids is 3.